The van der Waals surface area contributed by atoms with E-state index in [4.69, 9.17) is 0 Å². The first-order chi connectivity index (χ1) is 32.0. The molecule has 1 heteroatoms. The van der Waals surface area contributed by atoms with Crippen LogP contribution in [-0.4, -0.2) is 0 Å². The van der Waals surface area contributed by atoms with E-state index in [2.05, 4.69) is 267 Å². The second kappa shape index (κ2) is 15.4. The number of rotatable bonds is 8. The van der Waals surface area contributed by atoms with Crippen LogP contribution in [0.2, 0.25) is 0 Å². The number of benzene rings is 10. The van der Waals surface area contributed by atoms with Gasteiger partial charge in [-0.1, -0.05) is 238 Å². The van der Waals surface area contributed by atoms with E-state index in [1.54, 1.807) is 0 Å². The highest BCUT2D eigenvalue weighted by atomic mass is 15.1. The topological polar surface area (TPSA) is 3.24 Å². The van der Waals surface area contributed by atoms with E-state index < -0.39 is 5.41 Å². The standard InChI is InChI=1S/C64H47N/c1-63(2)56-28-15-12-26-53(56)54-42-41-51(43-59(54)63)65(60-31-17-14-25-52(60)48-23-10-5-11-24-48)61-32-18-30-58-62(61)55-27-13-16-29-57(55)64(58,49-37-33-46(34-38-49)44-19-6-3-7-20-44)50-39-35-47(36-40-50)45-21-8-4-9-22-45/h3-43H,1-2H3. The third-order valence-corrected chi connectivity index (χ3v) is 14.2. The third kappa shape index (κ3) is 6.07. The van der Waals surface area contributed by atoms with Crippen molar-refractivity contribution in [2.24, 2.45) is 0 Å². The van der Waals surface area contributed by atoms with Crippen LogP contribution >= 0.6 is 0 Å². The van der Waals surface area contributed by atoms with Gasteiger partial charge in [-0.3, -0.25) is 0 Å². The molecule has 0 N–H and O–H groups in total. The average Bonchev–Trinajstić information content (AvgIpc) is 3.81. The van der Waals surface area contributed by atoms with E-state index in [-0.39, 0.29) is 5.41 Å². The largest absolute Gasteiger partial charge is 0.309 e. The molecule has 308 valence electrons. The lowest BCUT2D eigenvalue weighted by Crippen LogP contribution is -2.28. The Kier molecular flexibility index (Phi) is 9.14. The molecule has 0 spiro atoms. The molecule has 12 rings (SSSR count). The van der Waals surface area contributed by atoms with Gasteiger partial charge in [0.1, 0.15) is 0 Å². The van der Waals surface area contributed by atoms with E-state index in [1.807, 2.05) is 0 Å². The SMILES string of the molecule is CC1(C)c2ccccc2-c2ccc(N(c3ccccc3-c3ccccc3)c3cccc4c3-c3ccccc3C4(c3ccc(-c4ccccc4)cc3)c3ccc(-c4ccccc4)cc3)cc21. The zero-order chi connectivity index (χ0) is 43.5. The molecule has 0 bridgehead atoms. The van der Waals surface area contributed by atoms with E-state index in [1.165, 1.54) is 89.0 Å². The minimum absolute atomic E-state index is 0.162. The molecule has 0 amide bonds. The number of hydrogen-bond acceptors (Lipinski definition) is 1. The fourth-order valence-corrected chi connectivity index (χ4v) is 11.1. The maximum absolute atomic E-state index is 2.55. The van der Waals surface area contributed by atoms with Crippen molar-refractivity contribution in [1.29, 1.82) is 0 Å². The summed E-state index contributed by atoms with van der Waals surface area (Å²) in [6.07, 6.45) is 0. The second-order valence-electron chi connectivity index (χ2n) is 18.0. The summed E-state index contributed by atoms with van der Waals surface area (Å²) in [5.41, 5.74) is 22.7. The molecular formula is C64H47N. The molecule has 0 fully saturated rings. The van der Waals surface area contributed by atoms with Crippen molar-refractivity contribution >= 4 is 17.1 Å². The molecule has 0 atom stereocenters. The average molecular weight is 830 g/mol. The van der Waals surface area contributed by atoms with Gasteiger partial charge >= 0.3 is 0 Å². The smallest absolute Gasteiger partial charge is 0.0714 e. The van der Waals surface area contributed by atoms with Crippen LogP contribution in [0.4, 0.5) is 17.1 Å². The quantitative estimate of drug-likeness (QED) is 0.147. The van der Waals surface area contributed by atoms with Crippen molar-refractivity contribution in [3.63, 3.8) is 0 Å². The monoisotopic (exact) mass is 829 g/mol. The van der Waals surface area contributed by atoms with Gasteiger partial charge in [0.25, 0.3) is 0 Å². The third-order valence-electron chi connectivity index (χ3n) is 14.2. The molecule has 0 saturated carbocycles. The summed E-state index contributed by atoms with van der Waals surface area (Å²) in [7, 11) is 0. The number of anilines is 3. The molecule has 65 heavy (non-hydrogen) atoms. The Morgan fingerprint density at radius 3 is 1.35 bits per heavy atom. The molecule has 10 aromatic carbocycles. The molecule has 0 aromatic heterocycles. The zero-order valence-electron chi connectivity index (χ0n) is 36.6. The summed E-state index contributed by atoms with van der Waals surface area (Å²) in [5.74, 6) is 0. The molecule has 0 radical (unpaired) electrons. The minimum Gasteiger partial charge on any atom is -0.309 e. The van der Waals surface area contributed by atoms with E-state index in [0.717, 1.165) is 17.1 Å². The summed E-state index contributed by atoms with van der Waals surface area (Å²) in [4.78, 5) is 2.55. The van der Waals surface area contributed by atoms with E-state index in [9.17, 15) is 0 Å². The number of fused-ring (bicyclic) bond motifs is 6. The Labute approximate surface area is 382 Å². The molecule has 0 unspecified atom stereocenters. The van der Waals surface area contributed by atoms with Crippen molar-refractivity contribution in [3.05, 3.63) is 282 Å². The summed E-state index contributed by atoms with van der Waals surface area (Å²) < 4.78 is 0. The first kappa shape index (κ1) is 38.7. The second-order valence-corrected chi connectivity index (χ2v) is 18.0. The van der Waals surface area contributed by atoms with Gasteiger partial charge in [0.2, 0.25) is 0 Å². The van der Waals surface area contributed by atoms with Gasteiger partial charge in [-0.25, -0.2) is 0 Å². The Morgan fingerprint density at radius 2 is 0.738 bits per heavy atom. The van der Waals surface area contributed by atoms with Crippen LogP contribution in [0.1, 0.15) is 47.2 Å². The highest BCUT2D eigenvalue weighted by molar-refractivity contribution is 6.00. The Hall–Kier alpha value is -8.00. The summed E-state index contributed by atoms with van der Waals surface area (Å²) in [5, 5.41) is 0. The molecule has 0 aliphatic heterocycles. The Morgan fingerprint density at radius 1 is 0.292 bits per heavy atom. The molecule has 2 aliphatic rings. The highest BCUT2D eigenvalue weighted by Crippen LogP contribution is 2.60. The van der Waals surface area contributed by atoms with Crippen LogP contribution in [0.25, 0.3) is 55.6 Å². The van der Waals surface area contributed by atoms with Gasteiger partial charge in [-0.15, -0.1) is 0 Å². The van der Waals surface area contributed by atoms with Crippen LogP contribution in [0.5, 0.6) is 0 Å². The van der Waals surface area contributed by atoms with E-state index >= 15 is 0 Å². The first-order valence-electron chi connectivity index (χ1n) is 22.8. The molecule has 0 saturated heterocycles. The van der Waals surface area contributed by atoms with Crippen molar-refractivity contribution in [1.82, 2.24) is 0 Å². The molecular weight excluding hydrogens is 783 g/mol. The predicted octanol–water partition coefficient (Wildman–Crippen LogP) is 16.8. The summed E-state index contributed by atoms with van der Waals surface area (Å²) >= 11 is 0. The van der Waals surface area contributed by atoms with Crippen LogP contribution < -0.4 is 4.90 Å². The normalized spacial score (nSPS) is 13.6. The van der Waals surface area contributed by atoms with Crippen LogP contribution in [-0.2, 0) is 10.8 Å². The van der Waals surface area contributed by atoms with Gasteiger partial charge in [0.05, 0.1) is 16.8 Å². The van der Waals surface area contributed by atoms with Gasteiger partial charge in [-0.05, 0) is 102 Å². The first-order valence-corrected chi connectivity index (χ1v) is 22.8. The molecule has 0 heterocycles. The number of hydrogen-bond donors (Lipinski definition) is 0. The van der Waals surface area contributed by atoms with Gasteiger partial charge in [-0.2, -0.15) is 0 Å². The van der Waals surface area contributed by atoms with Gasteiger partial charge in [0, 0.05) is 22.2 Å². The van der Waals surface area contributed by atoms with Gasteiger partial charge in [0.15, 0.2) is 0 Å². The maximum atomic E-state index is 2.55. The fraction of sp³-hybridized carbons (Fsp3) is 0.0625. The van der Waals surface area contributed by atoms with Crippen LogP contribution in [0.3, 0.4) is 0 Å². The van der Waals surface area contributed by atoms with E-state index in [0.29, 0.717) is 0 Å². The lowest BCUT2D eigenvalue weighted by atomic mass is 9.67. The van der Waals surface area contributed by atoms with Crippen molar-refractivity contribution in [3.8, 4) is 55.6 Å². The Bertz CT molecular complexity index is 3280. The molecule has 2 aliphatic carbocycles. The minimum atomic E-state index is -0.613. The maximum Gasteiger partial charge on any atom is 0.0714 e. The van der Waals surface area contributed by atoms with Gasteiger partial charge < -0.3 is 4.90 Å². The van der Waals surface area contributed by atoms with Crippen LogP contribution in [0.15, 0.2) is 249 Å². The summed E-state index contributed by atoms with van der Waals surface area (Å²) in [6.45, 7) is 4.75. The molecule has 10 aromatic rings. The predicted molar refractivity (Wildman–Crippen MR) is 272 cm³/mol. The molecule has 1 nitrogen and oxygen atoms in total. The zero-order valence-corrected chi connectivity index (χ0v) is 36.6. The van der Waals surface area contributed by atoms with Crippen LogP contribution in [0, 0.1) is 0 Å². The fourth-order valence-electron chi connectivity index (χ4n) is 11.1. The van der Waals surface area contributed by atoms with Crippen molar-refractivity contribution < 1.29 is 0 Å². The lowest BCUT2D eigenvalue weighted by molar-refractivity contribution is 0.660. The van der Waals surface area contributed by atoms with Crippen molar-refractivity contribution in [2.45, 2.75) is 24.7 Å². The highest BCUT2D eigenvalue weighted by Gasteiger charge is 2.47. The Balaban J connectivity index is 1.13. The number of nitrogens with zero attached hydrogens (tertiary/aromatic N) is 1. The van der Waals surface area contributed by atoms with Crippen molar-refractivity contribution in [2.75, 3.05) is 4.90 Å². The lowest BCUT2D eigenvalue weighted by Gasteiger charge is -2.35. The summed E-state index contributed by atoms with van der Waals surface area (Å²) in [6, 6.07) is 92.2. The number of para-hydroxylation sites is 1.